The Labute approximate surface area is 112 Å². The van der Waals surface area contributed by atoms with Gasteiger partial charge >= 0.3 is 0 Å². The van der Waals surface area contributed by atoms with Crippen LogP contribution < -0.4 is 5.73 Å². The Morgan fingerprint density at radius 1 is 1.26 bits per heavy atom. The molecule has 0 radical (unpaired) electrons. The summed E-state index contributed by atoms with van der Waals surface area (Å²) in [5.74, 6) is 0.819. The van der Waals surface area contributed by atoms with Gasteiger partial charge in [-0.1, -0.05) is 19.9 Å². The highest BCUT2D eigenvalue weighted by Crippen LogP contribution is 2.55. The topological polar surface area (TPSA) is 69.6 Å². The second-order valence-corrected chi connectivity index (χ2v) is 6.18. The summed E-state index contributed by atoms with van der Waals surface area (Å²) in [5, 5.41) is 12.2. The molecular formula is C14H19N5. The van der Waals surface area contributed by atoms with Crippen molar-refractivity contribution in [3.63, 3.8) is 0 Å². The van der Waals surface area contributed by atoms with Gasteiger partial charge in [0.25, 0.3) is 0 Å². The zero-order valence-corrected chi connectivity index (χ0v) is 11.8. The fraction of sp³-hybridized carbons (Fsp3) is 0.500. The van der Waals surface area contributed by atoms with Crippen LogP contribution in [0.5, 0.6) is 0 Å². The average molecular weight is 257 g/mol. The van der Waals surface area contributed by atoms with Crippen LogP contribution in [0.4, 0.5) is 5.69 Å². The second-order valence-electron chi connectivity index (χ2n) is 6.18. The molecule has 5 heteroatoms. The van der Waals surface area contributed by atoms with Gasteiger partial charge in [0.1, 0.15) is 0 Å². The number of hydrogen-bond acceptors (Lipinski definition) is 4. The van der Waals surface area contributed by atoms with Gasteiger partial charge in [-0.05, 0) is 53.3 Å². The van der Waals surface area contributed by atoms with E-state index in [4.69, 9.17) is 5.73 Å². The molecule has 0 spiro atoms. The number of nitrogens with two attached hydrogens (primary N) is 1. The molecule has 1 heterocycles. The van der Waals surface area contributed by atoms with Gasteiger partial charge in [0.2, 0.25) is 0 Å². The van der Waals surface area contributed by atoms with Crippen LogP contribution in [0.15, 0.2) is 12.1 Å². The third-order valence-corrected chi connectivity index (χ3v) is 4.10. The second kappa shape index (κ2) is 3.79. The lowest BCUT2D eigenvalue weighted by Gasteiger charge is -2.10. The number of nitrogens with zero attached hydrogens (tertiary/aromatic N) is 4. The quantitative estimate of drug-likeness (QED) is 0.839. The minimum absolute atomic E-state index is 0.286. The summed E-state index contributed by atoms with van der Waals surface area (Å²) in [5.41, 5.74) is 10.3. The smallest absolute Gasteiger partial charge is 0.182 e. The summed E-state index contributed by atoms with van der Waals surface area (Å²) in [6.45, 7) is 8.55. The Balaban J connectivity index is 2.09. The van der Waals surface area contributed by atoms with E-state index in [-0.39, 0.29) is 5.41 Å². The molecule has 5 nitrogen and oxygen atoms in total. The van der Waals surface area contributed by atoms with Gasteiger partial charge in [0, 0.05) is 11.3 Å². The van der Waals surface area contributed by atoms with Gasteiger partial charge < -0.3 is 5.73 Å². The number of aryl methyl sites for hydroxylation is 2. The van der Waals surface area contributed by atoms with Gasteiger partial charge in [-0.15, -0.1) is 5.10 Å². The fourth-order valence-electron chi connectivity index (χ4n) is 2.55. The van der Waals surface area contributed by atoms with Gasteiger partial charge in [-0.25, -0.2) is 4.68 Å². The van der Waals surface area contributed by atoms with E-state index in [1.54, 1.807) is 0 Å². The molecule has 0 bridgehead atoms. The Morgan fingerprint density at radius 2 is 1.95 bits per heavy atom. The minimum Gasteiger partial charge on any atom is -0.398 e. The minimum atomic E-state index is 0.286. The van der Waals surface area contributed by atoms with E-state index < -0.39 is 0 Å². The van der Waals surface area contributed by atoms with Crippen LogP contribution in [0, 0.1) is 19.3 Å². The molecular weight excluding hydrogens is 238 g/mol. The van der Waals surface area contributed by atoms with E-state index in [0.29, 0.717) is 6.04 Å². The highest BCUT2D eigenvalue weighted by Gasteiger charge is 2.49. The van der Waals surface area contributed by atoms with E-state index in [1.807, 2.05) is 17.7 Å². The largest absolute Gasteiger partial charge is 0.398 e. The maximum atomic E-state index is 6.01. The third kappa shape index (κ3) is 1.89. The maximum absolute atomic E-state index is 6.01. The summed E-state index contributed by atoms with van der Waals surface area (Å²) in [6, 6.07) is 4.45. The molecule has 0 amide bonds. The van der Waals surface area contributed by atoms with Crippen LogP contribution in [0.2, 0.25) is 0 Å². The highest BCUT2D eigenvalue weighted by atomic mass is 15.6. The molecule has 100 valence electrons. The van der Waals surface area contributed by atoms with Crippen LogP contribution in [-0.2, 0) is 0 Å². The molecule has 1 aromatic heterocycles. The van der Waals surface area contributed by atoms with Crippen molar-refractivity contribution in [3.05, 3.63) is 23.3 Å². The Morgan fingerprint density at radius 3 is 2.58 bits per heavy atom. The molecule has 19 heavy (non-hydrogen) atoms. The van der Waals surface area contributed by atoms with Crippen LogP contribution in [0.25, 0.3) is 11.4 Å². The van der Waals surface area contributed by atoms with E-state index >= 15 is 0 Å². The fourth-order valence-corrected chi connectivity index (χ4v) is 2.55. The zero-order valence-electron chi connectivity index (χ0n) is 11.8. The number of benzene rings is 1. The predicted octanol–water partition coefficient (Wildman–Crippen LogP) is 2.51. The van der Waals surface area contributed by atoms with Crippen molar-refractivity contribution in [1.29, 1.82) is 0 Å². The Bertz CT molecular complexity index is 641. The first-order valence-electron chi connectivity index (χ1n) is 6.55. The third-order valence-electron chi connectivity index (χ3n) is 4.10. The molecule has 1 unspecified atom stereocenters. The normalized spacial score (nSPS) is 20.5. The maximum Gasteiger partial charge on any atom is 0.182 e. The zero-order chi connectivity index (χ0) is 13.8. The molecule has 1 aliphatic carbocycles. The Hall–Kier alpha value is -1.91. The molecule has 1 aromatic carbocycles. The lowest BCUT2D eigenvalue weighted by molar-refractivity contribution is 0.497. The first-order valence-corrected chi connectivity index (χ1v) is 6.55. The van der Waals surface area contributed by atoms with Gasteiger partial charge in [-0.2, -0.15) is 0 Å². The summed E-state index contributed by atoms with van der Waals surface area (Å²) in [6.07, 6.45) is 1.12. The number of tetrazole rings is 1. The first kappa shape index (κ1) is 12.1. The highest BCUT2D eigenvalue weighted by molar-refractivity contribution is 5.67. The average Bonchev–Trinajstić information content (AvgIpc) is 2.76. The molecule has 2 aromatic rings. The van der Waals surface area contributed by atoms with Crippen molar-refractivity contribution in [2.45, 2.75) is 40.2 Å². The number of hydrogen-bond donors (Lipinski definition) is 1. The first-order chi connectivity index (χ1) is 8.90. The summed E-state index contributed by atoms with van der Waals surface area (Å²) >= 11 is 0. The summed E-state index contributed by atoms with van der Waals surface area (Å²) < 4.78 is 1.94. The van der Waals surface area contributed by atoms with Crippen molar-refractivity contribution in [1.82, 2.24) is 20.2 Å². The number of nitrogen functional groups attached to an aromatic ring is 1. The number of rotatable bonds is 2. The van der Waals surface area contributed by atoms with E-state index in [9.17, 15) is 0 Å². The summed E-state index contributed by atoms with van der Waals surface area (Å²) in [7, 11) is 0. The van der Waals surface area contributed by atoms with Crippen molar-refractivity contribution in [2.75, 3.05) is 5.73 Å². The number of aromatic nitrogens is 4. The van der Waals surface area contributed by atoms with Gasteiger partial charge in [0.15, 0.2) is 5.82 Å². The standard InChI is InChI=1S/C14H19N5/c1-8-5-9(2)11(15)6-10(8)13-16-17-18-19(13)12-7-14(12,3)4/h5-6,12H,7,15H2,1-4H3. The molecule has 0 aliphatic heterocycles. The van der Waals surface area contributed by atoms with Crippen LogP contribution in [0.1, 0.15) is 37.4 Å². The van der Waals surface area contributed by atoms with Crippen LogP contribution in [-0.4, -0.2) is 20.2 Å². The molecule has 1 saturated carbocycles. The Kier molecular flexibility index (Phi) is 2.42. The van der Waals surface area contributed by atoms with Crippen LogP contribution >= 0.6 is 0 Å². The van der Waals surface area contributed by atoms with Crippen molar-refractivity contribution in [2.24, 2.45) is 5.41 Å². The molecule has 1 atom stereocenters. The lowest BCUT2D eigenvalue weighted by atomic mass is 10.0. The van der Waals surface area contributed by atoms with Crippen molar-refractivity contribution >= 4 is 5.69 Å². The lowest BCUT2D eigenvalue weighted by Crippen LogP contribution is -2.06. The van der Waals surface area contributed by atoms with Crippen molar-refractivity contribution in [3.8, 4) is 11.4 Å². The monoisotopic (exact) mass is 257 g/mol. The molecule has 1 fully saturated rings. The summed E-state index contributed by atoms with van der Waals surface area (Å²) in [4.78, 5) is 0. The van der Waals surface area contributed by atoms with Crippen LogP contribution in [0.3, 0.4) is 0 Å². The van der Waals surface area contributed by atoms with Gasteiger partial charge in [0.05, 0.1) is 6.04 Å². The molecule has 1 aliphatic rings. The SMILES string of the molecule is Cc1cc(C)c(-c2nnnn2C2CC2(C)C)cc1N. The van der Waals surface area contributed by atoms with E-state index in [2.05, 4.69) is 42.4 Å². The molecule has 0 saturated heterocycles. The van der Waals surface area contributed by atoms with E-state index in [0.717, 1.165) is 34.6 Å². The number of anilines is 1. The van der Waals surface area contributed by atoms with Crippen molar-refractivity contribution < 1.29 is 0 Å². The molecule has 2 N–H and O–H groups in total. The predicted molar refractivity (Wildman–Crippen MR) is 74.6 cm³/mol. The molecule has 3 rings (SSSR count). The van der Waals surface area contributed by atoms with Gasteiger partial charge in [-0.3, -0.25) is 0 Å². The van der Waals surface area contributed by atoms with E-state index in [1.165, 1.54) is 0 Å².